The summed E-state index contributed by atoms with van der Waals surface area (Å²) in [4.78, 5) is 6.81. The second-order valence-electron chi connectivity index (χ2n) is 6.29. The minimum atomic E-state index is -3.51. The van der Waals surface area contributed by atoms with Gasteiger partial charge in [-0.1, -0.05) is 48.0 Å². The van der Waals surface area contributed by atoms with E-state index in [0.29, 0.717) is 6.54 Å². The lowest BCUT2D eigenvalue weighted by Gasteiger charge is -2.22. The van der Waals surface area contributed by atoms with Gasteiger partial charge in [0.2, 0.25) is 10.0 Å². The summed E-state index contributed by atoms with van der Waals surface area (Å²) in [5.74, 6) is 0.746. The van der Waals surface area contributed by atoms with Crippen LogP contribution in [0.25, 0.3) is 0 Å². The first-order valence-electron chi connectivity index (χ1n) is 9.02. The molecular weight excluding hydrogens is 360 g/mol. The van der Waals surface area contributed by atoms with E-state index in [-0.39, 0.29) is 11.4 Å². The number of aryl methyl sites for hydroxylation is 1. The Morgan fingerprint density at radius 3 is 2.37 bits per heavy atom. The zero-order valence-electron chi connectivity index (χ0n) is 16.1. The molecule has 0 spiro atoms. The third-order valence-corrected chi connectivity index (χ3v) is 5.43. The first kappa shape index (κ1) is 20.9. The van der Waals surface area contributed by atoms with E-state index < -0.39 is 10.0 Å². The van der Waals surface area contributed by atoms with E-state index in [4.69, 9.17) is 0 Å². The van der Waals surface area contributed by atoms with Gasteiger partial charge in [0.15, 0.2) is 5.96 Å². The quantitative estimate of drug-likeness (QED) is 0.414. The summed E-state index contributed by atoms with van der Waals surface area (Å²) < 4.78 is 27.2. The number of guanidine groups is 1. The minimum absolute atomic E-state index is 0.240. The summed E-state index contributed by atoms with van der Waals surface area (Å²) in [6.07, 6.45) is 0. The lowest BCUT2D eigenvalue weighted by Crippen LogP contribution is -2.39. The maximum absolute atomic E-state index is 12.3. The number of hydrogen-bond acceptors (Lipinski definition) is 3. The van der Waals surface area contributed by atoms with E-state index in [0.717, 1.165) is 24.6 Å². The molecule has 0 fully saturated rings. The maximum Gasteiger partial charge on any atom is 0.240 e. The SMILES string of the molecule is CCNC(=NCCNS(=O)(=O)c1ccc(C)cc1)N(C)Cc1ccccc1. The van der Waals surface area contributed by atoms with E-state index in [1.807, 2.05) is 44.0 Å². The molecule has 27 heavy (non-hydrogen) atoms. The third kappa shape index (κ3) is 6.69. The number of nitrogens with one attached hydrogen (secondary N) is 2. The molecule has 2 N–H and O–H groups in total. The monoisotopic (exact) mass is 388 g/mol. The van der Waals surface area contributed by atoms with Crippen molar-refractivity contribution in [3.8, 4) is 0 Å². The van der Waals surface area contributed by atoms with Crippen molar-refractivity contribution in [2.45, 2.75) is 25.3 Å². The van der Waals surface area contributed by atoms with Crippen LogP contribution >= 0.6 is 0 Å². The Morgan fingerprint density at radius 1 is 1.07 bits per heavy atom. The van der Waals surface area contributed by atoms with Gasteiger partial charge < -0.3 is 10.2 Å². The Kier molecular flexibility index (Phi) is 7.82. The van der Waals surface area contributed by atoms with Crippen LogP contribution in [0.5, 0.6) is 0 Å². The average Bonchev–Trinajstić information content (AvgIpc) is 2.65. The summed E-state index contributed by atoms with van der Waals surface area (Å²) >= 11 is 0. The zero-order valence-corrected chi connectivity index (χ0v) is 17.0. The van der Waals surface area contributed by atoms with Gasteiger partial charge in [0.1, 0.15) is 0 Å². The van der Waals surface area contributed by atoms with Gasteiger partial charge in [-0.05, 0) is 31.5 Å². The average molecular weight is 389 g/mol. The van der Waals surface area contributed by atoms with Gasteiger partial charge in [0.05, 0.1) is 11.4 Å². The molecule has 0 bridgehead atoms. The predicted molar refractivity (Wildman–Crippen MR) is 110 cm³/mol. The molecule has 2 aromatic rings. The third-order valence-electron chi connectivity index (χ3n) is 3.96. The Balaban J connectivity index is 1.93. The molecule has 0 aliphatic carbocycles. The van der Waals surface area contributed by atoms with Crippen LogP contribution in [0.4, 0.5) is 0 Å². The number of benzene rings is 2. The molecule has 0 amide bonds. The van der Waals surface area contributed by atoms with Crippen molar-refractivity contribution in [2.75, 3.05) is 26.7 Å². The van der Waals surface area contributed by atoms with Crippen molar-refractivity contribution in [3.05, 3.63) is 65.7 Å². The highest BCUT2D eigenvalue weighted by atomic mass is 32.2. The summed E-state index contributed by atoms with van der Waals surface area (Å²) in [6.45, 7) is 5.99. The molecule has 0 aromatic heterocycles. The molecule has 0 atom stereocenters. The van der Waals surface area contributed by atoms with Gasteiger partial charge in [-0.15, -0.1) is 0 Å². The number of rotatable bonds is 8. The largest absolute Gasteiger partial charge is 0.357 e. The van der Waals surface area contributed by atoms with Gasteiger partial charge in [0, 0.05) is 26.7 Å². The normalized spacial score (nSPS) is 12.0. The number of hydrogen-bond donors (Lipinski definition) is 2. The number of nitrogens with zero attached hydrogens (tertiary/aromatic N) is 2. The van der Waals surface area contributed by atoms with Gasteiger partial charge in [-0.2, -0.15) is 0 Å². The highest BCUT2D eigenvalue weighted by Crippen LogP contribution is 2.09. The standard InChI is InChI=1S/C20H28N4O2S/c1-4-21-20(24(3)16-18-8-6-5-7-9-18)22-14-15-23-27(25,26)19-12-10-17(2)11-13-19/h5-13,23H,4,14-16H2,1-3H3,(H,21,22). The van der Waals surface area contributed by atoms with E-state index >= 15 is 0 Å². The Morgan fingerprint density at radius 2 is 1.74 bits per heavy atom. The molecule has 0 aliphatic heterocycles. The summed E-state index contributed by atoms with van der Waals surface area (Å²) in [7, 11) is -1.55. The highest BCUT2D eigenvalue weighted by molar-refractivity contribution is 7.89. The van der Waals surface area contributed by atoms with Gasteiger partial charge in [-0.25, -0.2) is 13.1 Å². The summed E-state index contributed by atoms with van der Waals surface area (Å²) in [6, 6.07) is 16.9. The second-order valence-corrected chi connectivity index (χ2v) is 8.06. The van der Waals surface area contributed by atoms with Crippen LogP contribution in [0.2, 0.25) is 0 Å². The van der Waals surface area contributed by atoms with Gasteiger partial charge in [-0.3, -0.25) is 4.99 Å². The van der Waals surface area contributed by atoms with Crippen LogP contribution < -0.4 is 10.0 Å². The molecule has 2 rings (SSSR count). The fourth-order valence-electron chi connectivity index (χ4n) is 2.54. The lowest BCUT2D eigenvalue weighted by molar-refractivity contribution is 0.477. The lowest BCUT2D eigenvalue weighted by atomic mass is 10.2. The van der Waals surface area contributed by atoms with E-state index in [2.05, 4.69) is 27.2 Å². The summed E-state index contributed by atoms with van der Waals surface area (Å²) in [5.41, 5.74) is 2.21. The van der Waals surface area contributed by atoms with E-state index in [9.17, 15) is 8.42 Å². The van der Waals surface area contributed by atoms with E-state index in [1.54, 1.807) is 24.3 Å². The fourth-order valence-corrected chi connectivity index (χ4v) is 3.57. The Hall–Kier alpha value is -2.38. The molecule has 6 nitrogen and oxygen atoms in total. The molecule has 2 aromatic carbocycles. The molecule has 0 saturated carbocycles. The van der Waals surface area contributed by atoms with Crippen molar-refractivity contribution in [1.82, 2.24) is 14.9 Å². The van der Waals surface area contributed by atoms with Crippen LogP contribution in [0.3, 0.4) is 0 Å². The fraction of sp³-hybridized carbons (Fsp3) is 0.350. The highest BCUT2D eigenvalue weighted by Gasteiger charge is 2.13. The maximum atomic E-state index is 12.3. The molecule has 0 unspecified atom stereocenters. The molecular formula is C20H28N4O2S. The number of sulfonamides is 1. The smallest absolute Gasteiger partial charge is 0.240 e. The van der Waals surface area contributed by atoms with Crippen LogP contribution in [-0.2, 0) is 16.6 Å². The molecule has 146 valence electrons. The van der Waals surface area contributed by atoms with Crippen molar-refractivity contribution < 1.29 is 8.42 Å². The number of aliphatic imine (C=N–C) groups is 1. The van der Waals surface area contributed by atoms with Crippen molar-refractivity contribution in [2.24, 2.45) is 4.99 Å². The van der Waals surface area contributed by atoms with Gasteiger partial charge in [0.25, 0.3) is 0 Å². The predicted octanol–water partition coefficient (Wildman–Crippen LogP) is 2.37. The van der Waals surface area contributed by atoms with Crippen LogP contribution in [0.1, 0.15) is 18.1 Å². The minimum Gasteiger partial charge on any atom is -0.357 e. The molecule has 0 radical (unpaired) electrons. The van der Waals surface area contributed by atoms with Crippen LogP contribution in [-0.4, -0.2) is 46.0 Å². The van der Waals surface area contributed by atoms with Crippen LogP contribution in [0.15, 0.2) is 64.5 Å². The van der Waals surface area contributed by atoms with Crippen molar-refractivity contribution >= 4 is 16.0 Å². The Labute approximate surface area is 162 Å². The summed E-state index contributed by atoms with van der Waals surface area (Å²) in [5, 5.41) is 3.24. The van der Waals surface area contributed by atoms with Gasteiger partial charge >= 0.3 is 0 Å². The molecule has 7 heteroatoms. The molecule has 0 heterocycles. The second kappa shape index (κ2) is 10.1. The Bertz CT molecular complexity index is 834. The topological polar surface area (TPSA) is 73.8 Å². The zero-order chi connectivity index (χ0) is 19.7. The van der Waals surface area contributed by atoms with E-state index in [1.165, 1.54) is 5.56 Å². The van der Waals surface area contributed by atoms with Crippen molar-refractivity contribution in [1.29, 1.82) is 0 Å². The first-order valence-corrected chi connectivity index (χ1v) is 10.5. The molecule has 0 aliphatic rings. The van der Waals surface area contributed by atoms with Crippen LogP contribution in [0, 0.1) is 6.92 Å². The first-order chi connectivity index (χ1) is 12.9. The van der Waals surface area contributed by atoms with Crippen molar-refractivity contribution in [3.63, 3.8) is 0 Å². The molecule has 0 saturated heterocycles.